The molecule has 2 aromatic heterocycles. The molecule has 0 saturated heterocycles. The summed E-state index contributed by atoms with van der Waals surface area (Å²) in [5.41, 5.74) is 10.9. The Balaban J connectivity index is 1.18. The number of methoxy groups -OCH3 is 1. The van der Waals surface area contributed by atoms with Crippen LogP contribution in [0.25, 0.3) is 89.5 Å². The van der Waals surface area contributed by atoms with E-state index in [4.69, 9.17) is 24.1 Å². The van der Waals surface area contributed by atoms with Crippen molar-refractivity contribution in [2.24, 2.45) is 0 Å². The van der Waals surface area contributed by atoms with Crippen LogP contribution in [0.1, 0.15) is 0 Å². The normalized spacial score (nSPS) is 11.2. The molecule has 0 saturated carbocycles. The van der Waals surface area contributed by atoms with Crippen LogP contribution in [0.4, 0.5) is 0 Å². The number of fused-ring (bicyclic) bond motifs is 3. The molecule has 0 amide bonds. The van der Waals surface area contributed by atoms with Crippen molar-refractivity contribution in [2.45, 2.75) is 0 Å². The monoisotopic (exact) mass is 657 g/mol. The summed E-state index contributed by atoms with van der Waals surface area (Å²) in [5, 5.41) is 1.96. The first-order valence-electron chi connectivity index (χ1n) is 16.9. The van der Waals surface area contributed by atoms with Crippen LogP contribution in [0.2, 0.25) is 0 Å². The molecule has 7 aromatic carbocycles. The van der Waals surface area contributed by atoms with Crippen LogP contribution < -0.4 is 4.74 Å². The molecule has 51 heavy (non-hydrogen) atoms. The predicted octanol–water partition coefficient (Wildman–Crippen LogP) is 11.8. The average molecular weight is 658 g/mol. The molecular formula is C46H31N3O2. The van der Waals surface area contributed by atoms with E-state index >= 15 is 0 Å². The highest BCUT2D eigenvalue weighted by atomic mass is 16.5. The molecule has 5 heteroatoms. The van der Waals surface area contributed by atoms with Gasteiger partial charge in [0, 0.05) is 33.0 Å². The molecule has 0 unspecified atom stereocenters. The van der Waals surface area contributed by atoms with Gasteiger partial charge in [0.2, 0.25) is 0 Å². The largest absolute Gasteiger partial charge is 0.496 e. The van der Waals surface area contributed by atoms with E-state index in [2.05, 4.69) is 103 Å². The Hall–Kier alpha value is -6.85. The lowest BCUT2D eigenvalue weighted by Gasteiger charge is -2.13. The maximum Gasteiger partial charge on any atom is 0.164 e. The number of rotatable bonds is 7. The fourth-order valence-corrected chi connectivity index (χ4v) is 6.80. The Kier molecular flexibility index (Phi) is 7.63. The van der Waals surface area contributed by atoms with Crippen LogP contribution in [0.15, 0.2) is 174 Å². The summed E-state index contributed by atoms with van der Waals surface area (Å²) in [6.07, 6.45) is 0. The molecule has 0 radical (unpaired) electrons. The number of ether oxygens (including phenoxy) is 1. The number of hydrogen-bond acceptors (Lipinski definition) is 5. The third-order valence-electron chi connectivity index (χ3n) is 9.29. The second-order valence-electron chi connectivity index (χ2n) is 12.4. The molecule has 9 aromatic rings. The Morgan fingerprint density at radius 1 is 0.392 bits per heavy atom. The zero-order valence-corrected chi connectivity index (χ0v) is 27.8. The smallest absolute Gasteiger partial charge is 0.164 e. The van der Waals surface area contributed by atoms with Gasteiger partial charge < -0.3 is 9.15 Å². The van der Waals surface area contributed by atoms with Crippen LogP contribution in [-0.2, 0) is 0 Å². The Bertz CT molecular complexity index is 2670. The number of aromatic nitrogens is 3. The number of benzene rings is 7. The van der Waals surface area contributed by atoms with Gasteiger partial charge in [0.05, 0.1) is 7.11 Å². The second-order valence-corrected chi connectivity index (χ2v) is 12.4. The van der Waals surface area contributed by atoms with Crippen molar-refractivity contribution < 1.29 is 9.15 Å². The number of hydrogen-bond donors (Lipinski definition) is 0. The van der Waals surface area contributed by atoms with Gasteiger partial charge in [-0.1, -0.05) is 146 Å². The van der Waals surface area contributed by atoms with E-state index in [9.17, 15) is 0 Å². The molecule has 2 heterocycles. The number of para-hydroxylation sites is 1. The summed E-state index contributed by atoms with van der Waals surface area (Å²) in [4.78, 5) is 15.1. The quantitative estimate of drug-likeness (QED) is 0.171. The summed E-state index contributed by atoms with van der Waals surface area (Å²) in [7, 11) is 1.71. The highest BCUT2D eigenvalue weighted by Gasteiger charge is 2.19. The van der Waals surface area contributed by atoms with Gasteiger partial charge in [0.25, 0.3) is 0 Å². The summed E-state index contributed by atoms with van der Waals surface area (Å²) >= 11 is 0. The topological polar surface area (TPSA) is 61.0 Å². The lowest BCUT2D eigenvalue weighted by atomic mass is 9.93. The van der Waals surface area contributed by atoms with Crippen LogP contribution in [-0.4, -0.2) is 22.1 Å². The summed E-state index contributed by atoms with van der Waals surface area (Å²) in [6.45, 7) is 0. The first kappa shape index (κ1) is 30.2. The maximum atomic E-state index is 6.56. The molecule has 0 aliphatic carbocycles. The Labute approximate surface area is 295 Å². The van der Waals surface area contributed by atoms with Gasteiger partial charge in [-0.15, -0.1) is 0 Å². The zero-order chi connectivity index (χ0) is 34.1. The van der Waals surface area contributed by atoms with Gasteiger partial charge in [0.1, 0.15) is 16.9 Å². The van der Waals surface area contributed by atoms with Crippen LogP contribution in [0.3, 0.4) is 0 Å². The molecule has 242 valence electrons. The summed E-state index contributed by atoms with van der Waals surface area (Å²) in [5.74, 6) is 2.64. The van der Waals surface area contributed by atoms with E-state index in [0.717, 1.165) is 77.8 Å². The van der Waals surface area contributed by atoms with Crippen molar-refractivity contribution in [1.82, 2.24) is 15.0 Å². The minimum Gasteiger partial charge on any atom is -0.496 e. The first-order chi connectivity index (χ1) is 25.2. The molecule has 5 nitrogen and oxygen atoms in total. The summed E-state index contributed by atoms with van der Waals surface area (Å²) in [6, 6.07) is 57.8. The lowest BCUT2D eigenvalue weighted by molar-refractivity contribution is 0.416. The maximum absolute atomic E-state index is 6.56. The van der Waals surface area contributed by atoms with Crippen molar-refractivity contribution >= 4 is 21.9 Å². The van der Waals surface area contributed by atoms with Gasteiger partial charge >= 0.3 is 0 Å². The van der Waals surface area contributed by atoms with E-state index in [0.29, 0.717) is 17.5 Å². The minimum atomic E-state index is 0.588. The second kappa shape index (κ2) is 12.9. The van der Waals surface area contributed by atoms with E-state index < -0.39 is 0 Å². The van der Waals surface area contributed by atoms with E-state index in [-0.39, 0.29) is 0 Å². The van der Waals surface area contributed by atoms with Crippen LogP contribution >= 0.6 is 0 Å². The van der Waals surface area contributed by atoms with E-state index in [1.807, 2.05) is 66.7 Å². The number of nitrogens with zero attached hydrogens (tertiary/aromatic N) is 3. The SMILES string of the molecule is COc1ccccc1-c1ccccc1-c1ccc2c(c1)oc1cccc(-c3nc(-c4ccccc4)nc(-c4ccc(-c5ccccc5)cc4)n3)c12. The van der Waals surface area contributed by atoms with Crippen molar-refractivity contribution in [3.63, 3.8) is 0 Å². The van der Waals surface area contributed by atoms with Crippen LogP contribution in [0, 0.1) is 0 Å². The fourth-order valence-electron chi connectivity index (χ4n) is 6.80. The van der Waals surface area contributed by atoms with Gasteiger partial charge in [0.15, 0.2) is 17.5 Å². The molecule has 9 rings (SSSR count). The Morgan fingerprint density at radius 2 is 0.922 bits per heavy atom. The summed E-state index contributed by atoms with van der Waals surface area (Å²) < 4.78 is 12.3. The van der Waals surface area contributed by atoms with Crippen molar-refractivity contribution in [3.8, 4) is 73.3 Å². The average Bonchev–Trinajstić information content (AvgIpc) is 3.59. The highest BCUT2D eigenvalue weighted by Crippen LogP contribution is 2.41. The molecule has 0 aliphatic heterocycles. The van der Waals surface area contributed by atoms with Gasteiger partial charge in [-0.2, -0.15) is 0 Å². The third kappa shape index (κ3) is 5.61. The number of furan rings is 1. The highest BCUT2D eigenvalue weighted by molar-refractivity contribution is 6.12. The first-order valence-corrected chi connectivity index (χ1v) is 16.9. The zero-order valence-electron chi connectivity index (χ0n) is 27.8. The Morgan fingerprint density at radius 3 is 1.65 bits per heavy atom. The van der Waals surface area contributed by atoms with Crippen LogP contribution in [0.5, 0.6) is 5.75 Å². The van der Waals surface area contributed by atoms with Gasteiger partial charge in [-0.05, 0) is 52.1 Å². The third-order valence-corrected chi connectivity index (χ3v) is 9.29. The van der Waals surface area contributed by atoms with Crippen molar-refractivity contribution in [1.29, 1.82) is 0 Å². The standard InChI is InChI=1S/C46H31N3O2/c1-50-40-21-11-10-19-37(40)36-18-9-8-17-35(36)34-27-28-38-42(29-34)51-41-22-12-20-39(43(38)41)46-48-44(32-15-6-3-7-16-32)47-45(49-46)33-25-23-31(24-26-33)30-13-4-2-5-14-30/h2-29H,1H3. The van der Waals surface area contributed by atoms with E-state index in [1.54, 1.807) is 7.11 Å². The predicted molar refractivity (Wildman–Crippen MR) is 206 cm³/mol. The van der Waals surface area contributed by atoms with Crippen molar-refractivity contribution in [3.05, 3.63) is 170 Å². The minimum absolute atomic E-state index is 0.588. The molecule has 0 atom stereocenters. The van der Waals surface area contributed by atoms with E-state index in [1.165, 1.54) is 0 Å². The van der Waals surface area contributed by atoms with Gasteiger partial charge in [-0.25, -0.2) is 15.0 Å². The van der Waals surface area contributed by atoms with Gasteiger partial charge in [-0.3, -0.25) is 0 Å². The molecule has 0 fully saturated rings. The molecule has 0 N–H and O–H groups in total. The molecule has 0 aliphatic rings. The molecular weight excluding hydrogens is 627 g/mol. The fraction of sp³-hybridized carbons (Fsp3) is 0.0217. The molecule has 0 bridgehead atoms. The molecule has 0 spiro atoms. The lowest BCUT2D eigenvalue weighted by Crippen LogP contribution is -2.00. The van der Waals surface area contributed by atoms with Crippen molar-refractivity contribution in [2.75, 3.05) is 7.11 Å².